The third-order valence-electron chi connectivity index (χ3n) is 8.68. The van der Waals surface area contributed by atoms with E-state index in [-0.39, 0.29) is 0 Å². The molecule has 0 saturated heterocycles. The van der Waals surface area contributed by atoms with Crippen LogP contribution >= 0.6 is 0 Å². The van der Waals surface area contributed by atoms with Crippen LogP contribution in [-0.4, -0.2) is 9.97 Å². The van der Waals surface area contributed by atoms with E-state index in [9.17, 15) is 0 Å². The minimum absolute atomic E-state index is 0.683. The van der Waals surface area contributed by atoms with Crippen LogP contribution in [0.4, 0.5) is 0 Å². The van der Waals surface area contributed by atoms with E-state index >= 15 is 0 Å². The van der Waals surface area contributed by atoms with Crippen LogP contribution in [0.2, 0.25) is 0 Å². The minimum Gasteiger partial charge on any atom is -0.455 e. The molecular weight excluding hydrogens is 548 g/mol. The number of rotatable bonds is 4. The first kappa shape index (κ1) is 25.4. The second-order valence-electron chi connectivity index (χ2n) is 11.4. The van der Waals surface area contributed by atoms with Crippen LogP contribution in [-0.2, 0) is 0 Å². The van der Waals surface area contributed by atoms with Crippen LogP contribution in [0.3, 0.4) is 0 Å². The number of hydrogen-bond acceptors (Lipinski definition) is 3. The molecule has 45 heavy (non-hydrogen) atoms. The number of furan rings is 1. The zero-order chi connectivity index (χ0) is 29.7. The summed E-state index contributed by atoms with van der Waals surface area (Å²) < 4.78 is 6.64. The predicted molar refractivity (Wildman–Crippen MR) is 186 cm³/mol. The Kier molecular flexibility index (Phi) is 5.82. The molecule has 0 aliphatic carbocycles. The number of para-hydroxylation sites is 1. The first-order chi connectivity index (χ1) is 22.3. The molecule has 0 saturated carbocycles. The van der Waals surface area contributed by atoms with Gasteiger partial charge in [-0.2, -0.15) is 0 Å². The van der Waals surface area contributed by atoms with Crippen molar-refractivity contribution in [2.75, 3.05) is 0 Å². The third kappa shape index (κ3) is 4.29. The molecule has 0 aliphatic rings. The average molecular weight is 575 g/mol. The maximum Gasteiger partial charge on any atom is 0.160 e. The van der Waals surface area contributed by atoms with Crippen LogP contribution < -0.4 is 0 Å². The quantitative estimate of drug-likeness (QED) is 0.196. The Bertz CT molecular complexity index is 2470. The average Bonchev–Trinajstić information content (AvgIpc) is 3.50. The fraction of sp³-hybridized carbons (Fsp3) is 0. The Labute approximate surface area is 260 Å². The van der Waals surface area contributed by atoms with Crippen molar-refractivity contribution in [1.29, 1.82) is 0 Å². The molecule has 0 fully saturated rings. The number of benzene rings is 7. The van der Waals surface area contributed by atoms with Crippen molar-refractivity contribution in [1.82, 2.24) is 9.97 Å². The van der Waals surface area contributed by atoms with Crippen molar-refractivity contribution in [2.24, 2.45) is 0 Å². The summed E-state index contributed by atoms with van der Waals surface area (Å²) in [6.45, 7) is 0. The molecule has 0 spiro atoms. The number of fused-ring (bicyclic) bond motifs is 6. The Morgan fingerprint density at radius 3 is 1.73 bits per heavy atom. The molecule has 0 bridgehead atoms. The standard InChI is InChI=1S/C42H26N2O/c1-3-12-27(13-4-1)38-26-39(28-14-5-2-6-15-28)44-42(43-38)30-22-23-40-37(25-30)35-21-11-20-34(41(35)45-40)36-24-29-16-7-8-17-31(29)32-18-9-10-19-33(32)36/h1-26H. The lowest BCUT2D eigenvalue weighted by molar-refractivity contribution is 0.670. The summed E-state index contributed by atoms with van der Waals surface area (Å²) >= 11 is 0. The largest absolute Gasteiger partial charge is 0.455 e. The van der Waals surface area contributed by atoms with Crippen LogP contribution in [0.5, 0.6) is 0 Å². The van der Waals surface area contributed by atoms with Gasteiger partial charge in [0.15, 0.2) is 5.82 Å². The van der Waals surface area contributed by atoms with Gasteiger partial charge in [0, 0.05) is 33.0 Å². The zero-order valence-corrected chi connectivity index (χ0v) is 24.3. The van der Waals surface area contributed by atoms with E-state index in [4.69, 9.17) is 14.4 Å². The van der Waals surface area contributed by atoms with Crippen LogP contribution in [0.1, 0.15) is 0 Å². The van der Waals surface area contributed by atoms with Crippen molar-refractivity contribution < 1.29 is 4.42 Å². The molecule has 0 N–H and O–H groups in total. The van der Waals surface area contributed by atoms with Gasteiger partial charge >= 0.3 is 0 Å². The molecule has 9 aromatic rings. The molecular formula is C42H26N2O. The van der Waals surface area contributed by atoms with Gasteiger partial charge in [-0.05, 0) is 57.4 Å². The van der Waals surface area contributed by atoms with Crippen molar-refractivity contribution in [3.63, 3.8) is 0 Å². The number of aromatic nitrogens is 2. The molecule has 0 radical (unpaired) electrons. The Hall–Kier alpha value is -6.06. The molecule has 210 valence electrons. The molecule has 0 aliphatic heterocycles. The molecule has 7 aromatic carbocycles. The van der Waals surface area contributed by atoms with Gasteiger partial charge in [-0.3, -0.25) is 0 Å². The lowest BCUT2D eigenvalue weighted by Gasteiger charge is -2.11. The minimum atomic E-state index is 0.683. The zero-order valence-electron chi connectivity index (χ0n) is 24.3. The van der Waals surface area contributed by atoms with E-state index in [1.54, 1.807) is 0 Å². The topological polar surface area (TPSA) is 38.9 Å². The van der Waals surface area contributed by atoms with Crippen LogP contribution in [0.15, 0.2) is 162 Å². The van der Waals surface area contributed by atoms with Crippen molar-refractivity contribution in [3.05, 3.63) is 158 Å². The second-order valence-corrected chi connectivity index (χ2v) is 11.4. The van der Waals surface area contributed by atoms with Gasteiger partial charge in [0.1, 0.15) is 11.2 Å². The fourth-order valence-corrected chi connectivity index (χ4v) is 6.52. The third-order valence-corrected chi connectivity index (χ3v) is 8.68. The monoisotopic (exact) mass is 574 g/mol. The molecule has 3 heteroatoms. The van der Waals surface area contributed by atoms with E-state index in [0.29, 0.717) is 5.82 Å². The Morgan fingerprint density at radius 1 is 0.378 bits per heavy atom. The summed E-state index contributed by atoms with van der Waals surface area (Å²) in [4.78, 5) is 10.1. The van der Waals surface area contributed by atoms with E-state index in [2.05, 4.69) is 115 Å². The van der Waals surface area contributed by atoms with Crippen molar-refractivity contribution in [3.8, 4) is 45.0 Å². The molecule has 0 amide bonds. The van der Waals surface area contributed by atoms with Gasteiger partial charge < -0.3 is 4.42 Å². The maximum absolute atomic E-state index is 6.64. The van der Waals surface area contributed by atoms with Crippen molar-refractivity contribution >= 4 is 43.5 Å². The van der Waals surface area contributed by atoms with Gasteiger partial charge in [-0.25, -0.2) is 9.97 Å². The highest BCUT2D eigenvalue weighted by Gasteiger charge is 2.17. The lowest BCUT2D eigenvalue weighted by atomic mass is 9.92. The van der Waals surface area contributed by atoms with Crippen LogP contribution in [0.25, 0.3) is 88.5 Å². The normalized spacial score (nSPS) is 11.6. The molecule has 3 nitrogen and oxygen atoms in total. The predicted octanol–water partition coefficient (Wildman–Crippen LogP) is 11.4. The molecule has 9 rings (SSSR count). The summed E-state index contributed by atoms with van der Waals surface area (Å²) in [7, 11) is 0. The van der Waals surface area contributed by atoms with Crippen molar-refractivity contribution in [2.45, 2.75) is 0 Å². The van der Waals surface area contributed by atoms with Gasteiger partial charge in [0.05, 0.1) is 11.4 Å². The fourth-order valence-electron chi connectivity index (χ4n) is 6.52. The highest BCUT2D eigenvalue weighted by atomic mass is 16.3. The van der Waals surface area contributed by atoms with E-state index in [1.165, 1.54) is 27.1 Å². The maximum atomic E-state index is 6.64. The first-order valence-corrected chi connectivity index (χ1v) is 15.2. The molecule has 2 aromatic heterocycles. The van der Waals surface area contributed by atoms with Gasteiger partial charge in [0.2, 0.25) is 0 Å². The second kappa shape index (κ2) is 10.3. The summed E-state index contributed by atoms with van der Waals surface area (Å²) in [6, 6.07) is 54.9. The SMILES string of the molecule is c1ccc(-c2cc(-c3ccccc3)nc(-c3ccc4oc5c(-c6cc7ccccc7c7ccccc67)cccc5c4c3)n2)cc1. The molecule has 0 unspecified atom stereocenters. The Balaban J connectivity index is 1.24. The van der Waals surface area contributed by atoms with Gasteiger partial charge in [0.25, 0.3) is 0 Å². The molecule has 0 atom stereocenters. The highest BCUT2D eigenvalue weighted by Crippen LogP contribution is 2.41. The van der Waals surface area contributed by atoms with E-state index < -0.39 is 0 Å². The smallest absolute Gasteiger partial charge is 0.160 e. The summed E-state index contributed by atoms with van der Waals surface area (Å²) in [5.74, 6) is 0.683. The lowest BCUT2D eigenvalue weighted by Crippen LogP contribution is -1.95. The van der Waals surface area contributed by atoms with E-state index in [0.717, 1.165) is 55.6 Å². The highest BCUT2D eigenvalue weighted by molar-refractivity contribution is 6.18. The van der Waals surface area contributed by atoms with Crippen LogP contribution in [0, 0.1) is 0 Å². The number of hydrogen-bond donors (Lipinski definition) is 0. The van der Waals surface area contributed by atoms with E-state index in [1.807, 2.05) is 42.5 Å². The Morgan fingerprint density at radius 2 is 1.00 bits per heavy atom. The number of nitrogens with zero attached hydrogens (tertiary/aromatic N) is 2. The first-order valence-electron chi connectivity index (χ1n) is 15.2. The summed E-state index contributed by atoms with van der Waals surface area (Å²) in [6.07, 6.45) is 0. The van der Waals surface area contributed by atoms with Gasteiger partial charge in [-0.15, -0.1) is 0 Å². The summed E-state index contributed by atoms with van der Waals surface area (Å²) in [5.41, 5.74) is 8.82. The molecule has 2 heterocycles. The van der Waals surface area contributed by atoms with Gasteiger partial charge in [-0.1, -0.05) is 127 Å². The summed E-state index contributed by atoms with van der Waals surface area (Å²) in [5, 5.41) is 7.04.